The summed E-state index contributed by atoms with van der Waals surface area (Å²) in [6, 6.07) is 8.62. The van der Waals surface area contributed by atoms with Crippen LogP contribution >= 0.6 is 0 Å². The van der Waals surface area contributed by atoms with Crippen LogP contribution in [0.1, 0.15) is 5.56 Å². The third-order valence-electron chi connectivity index (χ3n) is 2.96. The standard InChI is InChI=1S/C14H10N4O2/c1-20-12-6-9(7-15)2-3-10(12)11-8-18-5-4-13(19)17-14(18)16-11/h2-6,8H,1H3,(H,16,17,19). The zero-order chi connectivity index (χ0) is 14.1. The minimum atomic E-state index is -0.207. The molecule has 3 aromatic rings. The Bertz CT molecular complexity index is 886. The highest BCUT2D eigenvalue weighted by atomic mass is 16.5. The second kappa shape index (κ2) is 4.55. The minimum Gasteiger partial charge on any atom is -0.496 e. The van der Waals surface area contributed by atoms with E-state index < -0.39 is 0 Å². The molecule has 98 valence electrons. The van der Waals surface area contributed by atoms with Gasteiger partial charge in [-0.25, -0.2) is 4.98 Å². The largest absolute Gasteiger partial charge is 0.496 e. The number of methoxy groups -OCH3 is 1. The van der Waals surface area contributed by atoms with Crippen LogP contribution < -0.4 is 10.3 Å². The fraction of sp³-hybridized carbons (Fsp3) is 0.0714. The highest BCUT2D eigenvalue weighted by Gasteiger charge is 2.11. The molecule has 0 fully saturated rings. The molecule has 0 amide bonds. The van der Waals surface area contributed by atoms with Crippen LogP contribution in [0.5, 0.6) is 5.75 Å². The maximum atomic E-state index is 11.3. The molecule has 2 heterocycles. The summed E-state index contributed by atoms with van der Waals surface area (Å²) in [6.07, 6.45) is 3.43. The van der Waals surface area contributed by atoms with Gasteiger partial charge in [0.1, 0.15) is 5.75 Å². The van der Waals surface area contributed by atoms with Crippen molar-refractivity contribution >= 4 is 5.78 Å². The Labute approximate surface area is 113 Å². The zero-order valence-electron chi connectivity index (χ0n) is 10.6. The maximum Gasteiger partial charge on any atom is 0.252 e. The van der Waals surface area contributed by atoms with E-state index in [9.17, 15) is 4.79 Å². The third-order valence-corrected chi connectivity index (χ3v) is 2.96. The fourth-order valence-electron chi connectivity index (χ4n) is 2.00. The monoisotopic (exact) mass is 266 g/mol. The van der Waals surface area contributed by atoms with Crippen LogP contribution in [-0.4, -0.2) is 21.5 Å². The predicted molar refractivity (Wildman–Crippen MR) is 72.5 cm³/mol. The van der Waals surface area contributed by atoms with Crippen molar-refractivity contribution in [3.63, 3.8) is 0 Å². The highest BCUT2D eigenvalue weighted by Crippen LogP contribution is 2.29. The summed E-state index contributed by atoms with van der Waals surface area (Å²) in [7, 11) is 1.54. The van der Waals surface area contributed by atoms with Gasteiger partial charge in [-0.1, -0.05) is 0 Å². The molecular weight excluding hydrogens is 256 g/mol. The highest BCUT2D eigenvalue weighted by molar-refractivity contribution is 5.69. The van der Waals surface area contributed by atoms with Gasteiger partial charge in [0, 0.05) is 24.0 Å². The topological polar surface area (TPSA) is 83.2 Å². The lowest BCUT2D eigenvalue weighted by atomic mass is 10.1. The summed E-state index contributed by atoms with van der Waals surface area (Å²) in [5, 5.41) is 8.90. The summed E-state index contributed by atoms with van der Waals surface area (Å²) in [4.78, 5) is 18.3. The van der Waals surface area contributed by atoms with Crippen molar-refractivity contribution < 1.29 is 4.74 Å². The molecular formula is C14H10N4O2. The van der Waals surface area contributed by atoms with Crippen molar-refractivity contribution in [2.24, 2.45) is 0 Å². The first-order chi connectivity index (χ1) is 9.71. The Kier molecular flexibility index (Phi) is 2.73. The predicted octanol–water partition coefficient (Wildman–Crippen LogP) is 1.57. The minimum absolute atomic E-state index is 0.207. The third kappa shape index (κ3) is 1.91. The number of aromatic nitrogens is 3. The normalized spacial score (nSPS) is 10.4. The van der Waals surface area contributed by atoms with Crippen molar-refractivity contribution in [1.82, 2.24) is 14.4 Å². The van der Waals surface area contributed by atoms with Crippen molar-refractivity contribution in [2.75, 3.05) is 7.11 Å². The molecule has 0 unspecified atom stereocenters. The first-order valence-corrected chi connectivity index (χ1v) is 5.88. The number of H-pyrrole nitrogens is 1. The molecule has 0 radical (unpaired) electrons. The van der Waals surface area contributed by atoms with Gasteiger partial charge < -0.3 is 4.74 Å². The summed E-state index contributed by atoms with van der Waals surface area (Å²) in [6.45, 7) is 0. The number of nitrogens with zero attached hydrogens (tertiary/aromatic N) is 3. The van der Waals surface area contributed by atoms with Crippen LogP contribution in [0.15, 0.2) is 41.5 Å². The molecule has 0 aliphatic carbocycles. The molecule has 2 aromatic heterocycles. The van der Waals surface area contributed by atoms with E-state index in [-0.39, 0.29) is 5.56 Å². The molecule has 6 heteroatoms. The molecule has 20 heavy (non-hydrogen) atoms. The number of rotatable bonds is 2. The Morgan fingerprint density at radius 1 is 1.40 bits per heavy atom. The average Bonchev–Trinajstić information content (AvgIpc) is 2.89. The molecule has 1 N–H and O–H groups in total. The quantitative estimate of drug-likeness (QED) is 0.763. The van der Waals surface area contributed by atoms with Gasteiger partial charge >= 0.3 is 0 Å². The molecule has 0 spiro atoms. The molecule has 1 aromatic carbocycles. The van der Waals surface area contributed by atoms with Gasteiger partial charge in [0.25, 0.3) is 5.56 Å². The van der Waals surface area contributed by atoms with E-state index in [4.69, 9.17) is 10.00 Å². The number of fused-ring (bicyclic) bond motifs is 1. The van der Waals surface area contributed by atoms with Crippen molar-refractivity contribution in [2.45, 2.75) is 0 Å². The number of nitrogens with one attached hydrogen (secondary N) is 1. The second-order valence-electron chi connectivity index (χ2n) is 4.19. The van der Waals surface area contributed by atoms with Gasteiger partial charge in [-0.3, -0.25) is 14.2 Å². The number of aromatic amines is 1. The van der Waals surface area contributed by atoms with Crippen LogP contribution in [-0.2, 0) is 0 Å². The number of nitriles is 1. The molecule has 0 aliphatic heterocycles. The zero-order valence-corrected chi connectivity index (χ0v) is 10.6. The van der Waals surface area contributed by atoms with Crippen molar-refractivity contribution in [3.05, 3.63) is 52.6 Å². The van der Waals surface area contributed by atoms with E-state index in [1.165, 1.54) is 13.2 Å². The van der Waals surface area contributed by atoms with Gasteiger partial charge in [-0.15, -0.1) is 0 Å². The SMILES string of the molecule is COc1cc(C#N)ccc1-c1cn2ccc(=O)[nH]c2n1. The van der Waals surface area contributed by atoms with Gasteiger partial charge in [-0.05, 0) is 18.2 Å². The summed E-state index contributed by atoms with van der Waals surface area (Å²) in [5.41, 5.74) is 1.73. The molecule has 3 rings (SSSR count). The average molecular weight is 266 g/mol. The van der Waals surface area contributed by atoms with Gasteiger partial charge in [-0.2, -0.15) is 5.26 Å². The smallest absolute Gasteiger partial charge is 0.252 e. The summed E-state index contributed by atoms with van der Waals surface area (Å²) >= 11 is 0. The van der Waals surface area contributed by atoms with Crippen molar-refractivity contribution in [3.8, 4) is 23.1 Å². The molecule has 0 bridgehead atoms. The van der Waals surface area contributed by atoms with Crippen LogP contribution in [0, 0.1) is 11.3 Å². The number of benzene rings is 1. The summed E-state index contributed by atoms with van der Waals surface area (Å²) in [5.74, 6) is 1.02. The van der Waals surface area contributed by atoms with Crippen LogP contribution in [0.2, 0.25) is 0 Å². The van der Waals surface area contributed by atoms with E-state index >= 15 is 0 Å². The number of hydrogen-bond acceptors (Lipinski definition) is 4. The Hall–Kier alpha value is -3.07. The first-order valence-electron chi connectivity index (χ1n) is 5.88. The van der Waals surface area contributed by atoms with E-state index in [0.29, 0.717) is 22.8 Å². The molecule has 0 saturated carbocycles. The Balaban J connectivity index is 2.20. The number of ether oxygens (including phenoxy) is 1. The molecule has 0 aliphatic rings. The van der Waals surface area contributed by atoms with Gasteiger partial charge in [0.2, 0.25) is 5.78 Å². The van der Waals surface area contributed by atoms with E-state index in [2.05, 4.69) is 16.0 Å². The first kappa shape index (κ1) is 12.0. The van der Waals surface area contributed by atoms with Gasteiger partial charge in [0.05, 0.1) is 24.4 Å². The van der Waals surface area contributed by atoms with Gasteiger partial charge in [0.15, 0.2) is 0 Å². The molecule has 6 nitrogen and oxygen atoms in total. The second-order valence-corrected chi connectivity index (χ2v) is 4.19. The fourth-order valence-corrected chi connectivity index (χ4v) is 2.00. The van der Waals surface area contributed by atoms with Crippen LogP contribution in [0.3, 0.4) is 0 Å². The number of imidazole rings is 1. The van der Waals surface area contributed by atoms with Crippen LogP contribution in [0.25, 0.3) is 17.0 Å². The molecule has 0 saturated heterocycles. The number of hydrogen-bond donors (Lipinski definition) is 1. The summed E-state index contributed by atoms with van der Waals surface area (Å²) < 4.78 is 7.01. The lowest BCUT2D eigenvalue weighted by Crippen LogP contribution is -2.05. The lowest BCUT2D eigenvalue weighted by Gasteiger charge is -2.05. The van der Waals surface area contributed by atoms with E-state index in [1.54, 1.807) is 35.0 Å². The van der Waals surface area contributed by atoms with E-state index in [1.807, 2.05) is 0 Å². The Morgan fingerprint density at radius 2 is 2.25 bits per heavy atom. The Morgan fingerprint density at radius 3 is 3.00 bits per heavy atom. The van der Waals surface area contributed by atoms with Crippen molar-refractivity contribution in [1.29, 1.82) is 5.26 Å². The lowest BCUT2D eigenvalue weighted by molar-refractivity contribution is 0.416. The molecule has 0 atom stereocenters. The van der Waals surface area contributed by atoms with E-state index in [0.717, 1.165) is 5.56 Å². The maximum absolute atomic E-state index is 11.3. The van der Waals surface area contributed by atoms with Crippen LogP contribution in [0.4, 0.5) is 0 Å².